The van der Waals surface area contributed by atoms with Crippen LogP contribution in [0.4, 0.5) is 4.39 Å². The highest BCUT2D eigenvalue weighted by molar-refractivity contribution is 9.10. The van der Waals surface area contributed by atoms with Crippen LogP contribution >= 0.6 is 15.9 Å². The standard InChI is InChI=1S/C16H24BrFN2/c1-3-20-8-6-13(7-9-20)11-19-12(2)15-10-14(17)4-5-16(15)18/h4-5,10,12-13,19H,3,6-9,11H2,1-2H3. The van der Waals surface area contributed by atoms with Crippen LogP contribution in [0, 0.1) is 11.7 Å². The number of hydrogen-bond acceptors (Lipinski definition) is 2. The average molecular weight is 343 g/mol. The van der Waals surface area contributed by atoms with Crippen LogP contribution in [0.3, 0.4) is 0 Å². The molecular weight excluding hydrogens is 319 g/mol. The fourth-order valence-electron chi connectivity index (χ4n) is 2.81. The van der Waals surface area contributed by atoms with E-state index in [0.717, 1.165) is 29.0 Å². The predicted octanol–water partition coefficient (Wildman–Crippen LogP) is 3.97. The number of nitrogens with one attached hydrogen (secondary N) is 1. The minimum Gasteiger partial charge on any atom is -0.310 e. The molecular formula is C16H24BrFN2. The Morgan fingerprint density at radius 1 is 1.40 bits per heavy atom. The van der Waals surface area contributed by atoms with Crippen molar-refractivity contribution in [2.45, 2.75) is 32.7 Å². The molecule has 1 saturated heterocycles. The first-order valence-electron chi connectivity index (χ1n) is 7.50. The van der Waals surface area contributed by atoms with Gasteiger partial charge in [-0.1, -0.05) is 22.9 Å². The van der Waals surface area contributed by atoms with Gasteiger partial charge in [-0.2, -0.15) is 0 Å². The van der Waals surface area contributed by atoms with Gasteiger partial charge in [-0.25, -0.2) is 4.39 Å². The second kappa shape index (κ2) is 7.53. The third kappa shape index (κ3) is 4.27. The molecule has 2 rings (SSSR count). The van der Waals surface area contributed by atoms with Crippen molar-refractivity contribution in [1.82, 2.24) is 10.2 Å². The summed E-state index contributed by atoms with van der Waals surface area (Å²) in [7, 11) is 0. The lowest BCUT2D eigenvalue weighted by atomic mass is 9.96. The van der Waals surface area contributed by atoms with Gasteiger partial charge in [-0.15, -0.1) is 0 Å². The predicted molar refractivity (Wildman–Crippen MR) is 85.4 cm³/mol. The molecule has 20 heavy (non-hydrogen) atoms. The van der Waals surface area contributed by atoms with E-state index < -0.39 is 0 Å². The Balaban J connectivity index is 1.83. The van der Waals surface area contributed by atoms with Gasteiger partial charge < -0.3 is 10.2 Å². The summed E-state index contributed by atoms with van der Waals surface area (Å²) in [5, 5.41) is 3.49. The van der Waals surface area contributed by atoms with E-state index in [1.807, 2.05) is 13.0 Å². The Morgan fingerprint density at radius 2 is 2.10 bits per heavy atom. The number of halogens is 2. The summed E-state index contributed by atoms with van der Waals surface area (Å²) < 4.78 is 14.7. The van der Waals surface area contributed by atoms with Crippen LogP contribution in [0.15, 0.2) is 22.7 Å². The normalized spacial score (nSPS) is 19.2. The largest absolute Gasteiger partial charge is 0.310 e. The Kier molecular flexibility index (Phi) is 6.00. The van der Waals surface area contributed by atoms with Crippen molar-refractivity contribution in [3.63, 3.8) is 0 Å². The van der Waals surface area contributed by atoms with Crippen molar-refractivity contribution in [2.75, 3.05) is 26.2 Å². The van der Waals surface area contributed by atoms with Crippen LogP contribution in [0.1, 0.15) is 38.3 Å². The van der Waals surface area contributed by atoms with Crippen LogP contribution in [0.2, 0.25) is 0 Å². The van der Waals surface area contributed by atoms with Gasteiger partial charge in [0.25, 0.3) is 0 Å². The lowest BCUT2D eigenvalue weighted by Gasteiger charge is -2.31. The maximum absolute atomic E-state index is 13.8. The van der Waals surface area contributed by atoms with Crippen LogP contribution in [-0.4, -0.2) is 31.1 Å². The van der Waals surface area contributed by atoms with E-state index >= 15 is 0 Å². The van der Waals surface area contributed by atoms with Crippen LogP contribution in [-0.2, 0) is 0 Å². The first-order chi connectivity index (χ1) is 9.60. The molecule has 1 aromatic rings. The quantitative estimate of drug-likeness (QED) is 0.870. The molecule has 4 heteroatoms. The molecule has 1 aromatic carbocycles. The lowest BCUT2D eigenvalue weighted by Crippen LogP contribution is -2.37. The molecule has 0 bridgehead atoms. The maximum Gasteiger partial charge on any atom is 0.128 e. The number of piperidine rings is 1. The monoisotopic (exact) mass is 342 g/mol. The first kappa shape index (κ1) is 15.9. The van der Waals surface area contributed by atoms with Crippen LogP contribution in [0.5, 0.6) is 0 Å². The molecule has 112 valence electrons. The van der Waals surface area contributed by atoms with Crippen molar-refractivity contribution >= 4 is 15.9 Å². The second-order valence-electron chi connectivity index (χ2n) is 5.67. The minimum absolute atomic E-state index is 0.0525. The van der Waals surface area contributed by atoms with E-state index in [9.17, 15) is 4.39 Å². The number of rotatable bonds is 5. The van der Waals surface area contributed by atoms with Crippen molar-refractivity contribution in [3.05, 3.63) is 34.1 Å². The molecule has 0 spiro atoms. The fraction of sp³-hybridized carbons (Fsp3) is 0.625. The molecule has 1 aliphatic heterocycles. The van der Waals surface area contributed by atoms with Crippen molar-refractivity contribution < 1.29 is 4.39 Å². The first-order valence-corrected chi connectivity index (χ1v) is 8.30. The summed E-state index contributed by atoms with van der Waals surface area (Å²) in [4.78, 5) is 2.49. The van der Waals surface area contributed by atoms with Crippen LogP contribution in [0.25, 0.3) is 0 Å². The zero-order valence-electron chi connectivity index (χ0n) is 12.3. The third-order valence-corrected chi connectivity index (χ3v) is 4.78. The van der Waals surface area contributed by atoms with Gasteiger partial charge >= 0.3 is 0 Å². The van der Waals surface area contributed by atoms with Crippen molar-refractivity contribution in [1.29, 1.82) is 0 Å². The van der Waals surface area contributed by atoms with Crippen molar-refractivity contribution in [3.8, 4) is 0 Å². The summed E-state index contributed by atoms with van der Waals surface area (Å²) >= 11 is 3.41. The number of likely N-dealkylation sites (tertiary alicyclic amines) is 1. The van der Waals surface area contributed by atoms with E-state index in [1.165, 1.54) is 32.0 Å². The van der Waals surface area contributed by atoms with Crippen molar-refractivity contribution in [2.24, 2.45) is 5.92 Å². The van der Waals surface area contributed by atoms with Gasteiger partial charge in [0.15, 0.2) is 0 Å². The van der Waals surface area contributed by atoms with E-state index in [4.69, 9.17) is 0 Å². The van der Waals surface area contributed by atoms with Gasteiger partial charge in [0.05, 0.1) is 0 Å². The van der Waals surface area contributed by atoms with E-state index in [1.54, 1.807) is 6.07 Å². The Hall–Kier alpha value is -0.450. The highest BCUT2D eigenvalue weighted by atomic mass is 79.9. The van der Waals surface area contributed by atoms with Gasteiger partial charge in [0.1, 0.15) is 5.82 Å². The summed E-state index contributed by atoms with van der Waals surface area (Å²) in [5.41, 5.74) is 0.741. The van der Waals surface area contributed by atoms with Gasteiger partial charge in [-0.3, -0.25) is 0 Å². The molecule has 1 aliphatic rings. The zero-order valence-corrected chi connectivity index (χ0v) is 13.9. The fourth-order valence-corrected chi connectivity index (χ4v) is 3.19. The summed E-state index contributed by atoms with van der Waals surface area (Å²) in [6.45, 7) is 8.78. The molecule has 2 nitrogen and oxygen atoms in total. The highest BCUT2D eigenvalue weighted by Crippen LogP contribution is 2.23. The van der Waals surface area contributed by atoms with E-state index in [-0.39, 0.29) is 11.9 Å². The van der Waals surface area contributed by atoms with Gasteiger partial charge in [-0.05, 0) is 70.1 Å². The molecule has 1 fully saturated rings. The Bertz CT molecular complexity index is 430. The average Bonchev–Trinajstić information content (AvgIpc) is 2.47. The third-order valence-electron chi connectivity index (χ3n) is 4.29. The molecule has 0 radical (unpaired) electrons. The zero-order chi connectivity index (χ0) is 14.5. The maximum atomic E-state index is 13.8. The summed E-state index contributed by atoms with van der Waals surface area (Å²) in [6.07, 6.45) is 2.49. The van der Waals surface area contributed by atoms with E-state index in [0.29, 0.717) is 0 Å². The SMILES string of the molecule is CCN1CCC(CNC(C)c2cc(Br)ccc2F)CC1. The Morgan fingerprint density at radius 3 is 2.75 bits per heavy atom. The molecule has 1 heterocycles. The lowest BCUT2D eigenvalue weighted by molar-refractivity contribution is 0.188. The summed E-state index contributed by atoms with van der Waals surface area (Å²) in [6, 6.07) is 5.19. The minimum atomic E-state index is -0.131. The molecule has 0 amide bonds. The molecule has 1 unspecified atom stereocenters. The Labute approximate surface area is 129 Å². The van der Waals surface area contributed by atoms with Gasteiger partial charge in [0, 0.05) is 16.1 Å². The molecule has 1 N–H and O–H groups in total. The number of nitrogens with zero attached hydrogens (tertiary/aromatic N) is 1. The summed E-state index contributed by atoms with van der Waals surface area (Å²) in [5.74, 6) is 0.587. The molecule has 0 aliphatic carbocycles. The topological polar surface area (TPSA) is 15.3 Å². The smallest absolute Gasteiger partial charge is 0.128 e. The highest BCUT2D eigenvalue weighted by Gasteiger charge is 2.19. The van der Waals surface area contributed by atoms with E-state index in [2.05, 4.69) is 33.1 Å². The molecule has 0 aromatic heterocycles. The molecule has 1 atom stereocenters. The number of benzene rings is 1. The number of hydrogen-bond donors (Lipinski definition) is 1. The second-order valence-corrected chi connectivity index (χ2v) is 6.59. The van der Waals surface area contributed by atoms with Gasteiger partial charge in [0.2, 0.25) is 0 Å². The van der Waals surface area contributed by atoms with Crippen LogP contribution < -0.4 is 5.32 Å². The molecule has 0 saturated carbocycles.